The Morgan fingerprint density at radius 2 is 2.09 bits per heavy atom. The third-order valence-corrected chi connectivity index (χ3v) is 5.74. The molecule has 1 fully saturated rings. The summed E-state index contributed by atoms with van der Waals surface area (Å²) in [6.45, 7) is 2.97. The third-order valence-electron chi connectivity index (χ3n) is 5.02. The van der Waals surface area contributed by atoms with E-state index < -0.39 is 0 Å². The lowest BCUT2D eigenvalue weighted by atomic mass is 9.80. The van der Waals surface area contributed by atoms with Gasteiger partial charge in [0.15, 0.2) is 0 Å². The van der Waals surface area contributed by atoms with Crippen LogP contribution in [-0.4, -0.2) is 11.7 Å². The normalized spacial score (nSPS) is 25.6. The molecule has 3 unspecified atom stereocenters. The number of aromatic hydroxyl groups is 1. The first-order valence-corrected chi connectivity index (χ1v) is 8.96. The van der Waals surface area contributed by atoms with Crippen molar-refractivity contribution in [2.24, 2.45) is 5.92 Å². The Morgan fingerprint density at radius 3 is 2.91 bits per heavy atom. The van der Waals surface area contributed by atoms with Gasteiger partial charge in [-0.1, -0.05) is 35.0 Å². The number of hydrogen-bond donors (Lipinski definition) is 2. The van der Waals surface area contributed by atoms with Crippen LogP contribution >= 0.6 is 15.9 Å². The van der Waals surface area contributed by atoms with E-state index in [1.165, 1.54) is 11.1 Å². The van der Waals surface area contributed by atoms with Gasteiger partial charge in [-0.25, -0.2) is 0 Å². The molecule has 4 heteroatoms. The van der Waals surface area contributed by atoms with Gasteiger partial charge in [-0.2, -0.15) is 0 Å². The van der Waals surface area contributed by atoms with Gasteiger partial charge in [0, 0.05) is 28.2 Å². The zero-order chi connectivity index (χ0) is 16.0. The minimum atomic E-state index is 0.136. The van der Waals surface area contributed by atoms with Gasteiger partial charge in [0.25, 0.3) is 0 Å². The van der Waals surface area contributed by atoms with E-state index in [1.54, 1.807) is 6.07 Å². The van der Waals surface area contributed by atoms with Gasteiger partial charge in [0.1, 0.15) is 5.75 Å². The van der Waals surface area contributed by atoms with Gasteiger partial charge >= 0.3 is 0 Å². The van der Waals surface area contributed by atoms with Crippen LogP contribution in [0.3, 0.4) is 0 Å². The van der Waals surface area contributed by atoms with Crippen LogP contribution in [0.1, 0.15) is 42.2 Å². The van der Waals surface area contributed by atoms with Crippen molar-refractivity contribution in [3.05, 3.63) is 57.6 Å². The predicted molar refractivity (Wildman–Crippen MR) is 94.8 cm³/mol. The molecule has 4 rings (SSSR count). The zero-order valence-electron chi connectivity index (χ0n) is 13.1. The Labute approximate surface area is 144 Å². The molecule has 3 atom stereocenters. The van der Waals surface area contributed by atoms with Crippen molar-refractivity contribution in [2.75, 3.05) is 11.9 Å². The van der Waals surface area contributed by atoms with Crippen molar-refractivity contribution in [3.8, 4) is 5.75 Å². The molecule has 2 aromatic carbocycles. The van der Waals surface area contributed by atoms with Gasteiger partial charge in [-0.15, -0.1) is 0 Å². The van der Waals surface area contributed by atoms with Crippen molar-refractivity contribution in [3.63, 3.8) is 0 Å². The number of fused-ring (bicyclic) bond motifs is 3. The van der Waals surface area contributed by atoms with Crippen LogP contribution in [0.5, 0.6) is 5.75 Å². The lowest BCUT2D eigenvalue weighted by molar-refractivity contribution is 0.0828. The maximum absolute atomic E-state index is 9.89. The molecule has 0 radical (unpaired) electrons. The summed E-state index contributed by atoms with van der Waals surface area (Å²) in [6, 6.07) is 12.2. The monoisotopic (exact) mass is 373 g/mol. The second-order valence-electron chi connectivity index (χ2n) is 6.35. The Kier molecular flexibility index (Phi) is 3.82. The van der Waals surface area contributed by atoms with Gasteiger partial charge in [-0.05, 0) is 48.2 Å². The van der Waals surface area contributed by atoms with E-state index in [0.29, 0.717) is 11.7 Å². The largest absolute Gasteiger partial charge is 0.508 e. The molecule has 0 spiro atoms. The number of halogens is 1. The molecular weight excluding hydrogens is 354 g/mol. The van der Waals surface area contributed by atoms with E-state index in [0.717, 1.165) is 35.2 Å². The fourth-order valence-corrected chi connectivity index (χ4v) is 4.31. The van der Waals surface area contributed by atoms with Crippen molar-refractivity contribution >= 4 is 21.6 Å². The highest BCUT2D eigenvalue weighted by Crippen LogP contribution is 2.51. The second kappa shape index (κ2) is 5.84. The van der Waals surface area contributed by atoms with E-state index in [2.05, 4.69) is 46.4 Å². The molecule has 0 aromatic heterocycles. The standard InChI is InChI=1S/C19H20BrNO2/c1-2-11-3-6-17-15(9-11)19-13(7-8-23-19)18(21-17)14-10-12(22)4-5-16(14)20/h3-6,9-10,13,18-19,21-22H,2,7-8H2,1H3. The number of benzene rings is 2. The number of aryl methyl sites for hydroxylation is 1. The maximum atomic E-state index is 9.89. The quantitative estimate of drug-likeness (QED) is 0.781. The number of rotatable bonds is 2. The fraction of sp³-hybridized carbons (Fsp3) is 0.368. The zero-order valence-corrected chi connectivity index (χ0v) is 14.6. The van der Waals surface area contributed by atoms with Gasteiger partial charge < -0.3 is 15.2 Å². The molecule has 0 aliphatic carbocycles. The summed E-state index contributed by atoms with van der Waals surface area (Å²) in [7, 11) is 0. The molecular formula is C19H20BrNO2. The van der Waals surface area contributed by atoms with E-state index in [-0.39, 0.29) is 12.1 Å². The van der Waals surface area contributed by atoms with Crippen molar-refractivity contribution in [1.82, 2.24) is 0 Å². The Balaban J connectivity index is 1.79. The minimum absolute atomic E-state index is 0.136. The number of anilines is 1. The van der Waals surface area contributed by atoms with Crippen LogP contribution in [0.4, 0.5) is 5.69 Å². The molecule has 0 saturated carbocycles. The average Bonchev–Trinajstić information content (AvgIpc) is 3.06. The Hall–Kier alpha value is -1.52. The molecule has 120 valence electrons. The van der Waals surface area contributed by atoms with Crippen molar-refractivity contribution in [1.29, 1.82) is 0 Å². The summed E-state index contributed by atoms with van der Waals surface area (Å²) in [5.74, 6) is 0.681. The highest BCUT2D eigenvalue weighted by atomic mass is 79.9. The molecule has 2 heterocycles. The lowest BCUT2D eigenvalue weighted by Crippen LogP contribution is -2.29. The summed E-state index contributed by atoms with van der Waals surface area (Å²) in [5.41, 5.74) is 4.86. The van der Waals surface area contributed by atoms with E-state index in [9.17, 15) is 5.11 Å². The Morgan fingerprint density at radius 1 is 1.22 bits per heavy atom. The summed E-state index contributed by atoms with van der Waals surface area (Å²) in [5, 5.41) is 13.6. The summed E-state index contributed by atoms with van der Waals surface area (Å²) < 4.78 is 7.11. The number of ether oxygens (including phenoxy) is 1. The van der Waals surface area contributed by atoms with Gasteiger partial charge in [0.2, 0.25) is 0 Å². The first-order chi connectivity index (χ1) is 11.2. The topological polar surface area (TPSA) is 41.5 Å². The third kappa shape index (κ3) is 2.54. The summed E-state index contributed by atoms with van der Waals surface area (Å²) in [4.78, 5) is 0. The molecule has 2 aliphatic rings. The van der Waals surface area contributed by atoms with Crippen molar-refractivity contribution < 1.29 is 9.84 Å². The highest BCUT2D eigenvalue weighted by Gasteiger charge is 2.42. The van der Waals surface area contributed by atoms with E-state index in [1.807, 2.05) is 12.1 Å². The molecule has 2 aromatic rings. The summed E-state index contributed by atoms with van der Waals surface area (Å²) in [6.07, 6.45) is 2.20. The number of nitrogens with one attached hydrogen (secondary N) is 1. The number of phenols is 1. The van der Waals surface area contributed by atoms with Crippen LogP contribution < -0.4 is 5.32 Å². The Bertz CT molecular complexity index is 746. The van der Waals surface area contributed by atoms with Crippen LogP contribution in [0.25, 0.3) is 0 Å². The molecule has 0 amide bonds. The van der Waals surface area contributed by atoms with Crippen LogP contribution in [0, 0.1) is 5.92 Å². The number of hydrogen-bond acceptors (Lipinski definition) is 3. The molecule has 23 heavy (non-hydrogen) atoms. The molecule has 2 aliphatic heterocycles. The molecule has 2 N–H and O–H groups in total. The SMILES string of the molecule is CCc1ccc2c(c1)C1OCCC1C(c1cc(O)ccc1Br)N2. The van der Waals surface area contributed by atoms with Gasteiger partial charge in [-0.3, -0.25) is 0 Å². The predicted octanol–water partition coefficient (Wildman–Crippen LogP) is 4.96. The van der Waals surface area contributed by atoms with E-state index in [4.69, 9.17) is 4.74 Å². The smallest absolute Gasteiger partial charge is 0.116 e. The fourth-order valence-electron chi connectivity index (χ4n) is 3.82. The first-order valence-electron chi connectivity index (χ1n) is 8.16. The number of phenolic OH excluding ortho intramolecular Hbond substituents is 1. The maximum Gasteiger partial charge on any atom is 0.116 e. The average molecular weight is 374 g/mol. The molecule has 1 saturated heterocycles. The minimum Gasteiger partial charge on any atom is -0.508 e. The molecule has 0 bridgehead atoms. The first kappa shape index (κ1) is 15.0. The van der Waals surface area contributed by atoms with Gasteiger partial charge in [0.05, 0.1) is 12.1 Å². The van der Waals surface area contributed by atoms with Crippen LogP contribution in [0.15, 0.2) is 40.9 Å². The van der Waals surface area contributed by atoms with Crippen LogP contribution in [0.2, 0.25) is 0 Å². The molecule has 3 nitrogen and oxygen atoms in total. The highest BCUT2D eigenvalue weighted by molar-refractivity contribution is 9.10. The summed E-state index contributed by atoms with van der Waals surface area (Å²) >= 11 is 3.63. The van der Waals surface area contributed by atoms with Crippen LogP contribution in [-0.2, 0) is 11.2 Å². The van der Waals surface area contributed by atoms with E-state index >= 15 is 0 Å². The lowest BCUT2D eigenvalue weighted by Gasteiger charge is -2.37. The second-order valence-corrected chi connectivity index (χ2v) is 7.20. The van der Waals surface area contributed by atoms with Crippen molar-refractivity contribution in [2.45, 2.75) is 31.9 Å².